The number of fused-ring (bicyclic) bond motifs is 1. The number of aryl methyl sites for hydroxylation is 1. The summed E-state index contributed by atoms with van der Waals surface area (Å²) < 4.78 is 0. The van der Waals surface area contributed by atoms with Crippen molar-refractivity contribution < 1.29 is 4.79 Å². The molecule has 0 radical (unpaired) electrons. The van der Waals surface area contributed by atoms with Crippen LogP contribution in [0.5, 0.6) is 0 Å². The van der Waals surface area contributed by atoms with Crippen LogP contribution in [0.4, 0.5) is 0 Å². The van der Waals surface area contributed by atoms with Crippen molar-refractivity contribution in [3.8, 4) is 11.1 Å². The van der Waals surface area contributed by atoms with Gasteiger partial charge >= 0.3 is 0 Å². The monoisotopic (exact) mass is 294 g/mol. The first-order chi connectivity index (χ1) is 10.1. The Bertz CT molecular complexity index is 849. The summed E-state index contributed by atoms with van der Waals surface area (Å²) in [7, 11) is 0. The molecule has 0 fully saturated rings. The van der Waals surface area contributed by atoms with Crippen LogP contribution in [-0.2, 0) is 0 Å². The van der Waals surface area contributed by atoms with Crippen molar-refractivity contribution in [2.24, 2.45) is 0 Å². The molecule has 0 spiro atoms. The second kappa shape index (κ2) is 5.34. The maximum atomic E-state index is 11.5. The van der Waals surface area contributed by atoms with Gasteiger partial charge in [-0.3, -0.25) is 4.79 Å². The third kappa shape index (κ3) is 2.45. The lowest BCUT2D eigenvalue weighted by atomic mass is 9.93. The second-order valence-electron chi connectivity index (χ2n) is 5.23. The minimum atomic E-state index is -0.0128. The van der Waals surface area contributed by atoms with Crippen LogP contribution in [0.3, 0.4) is 0 Å². The summed E-state index contributed by atoms with van der Waals surface area (Å²) in [5, 5.41) is 2.90. The Morgan fingerprint density at radius 3 is 2.48 bits per heavy atom. The van der Waals surface area contributed by atoms with Crippen LogP contribution in [-0.4, -0.2) is 5.78 Å². The topological polar surface area (TPSA) is 17.1 Å². The fraction of sp³-hybridized carbons (Fsp3) is 0.105. The van der Waals surface area contributed by atoms with E-state index in [9.17, 15) is 4.79 Å². The maximum absolute atomic E-state index is 11.5. The number of ketones is 1. The number of carbonyl (C=O) groups excluding carboxylic acids is 1. The molecular weight excluding hydrogens is 280 g/mol. The van der Waals surface area contributed by atoms with E-state index in [-0.39, 0.29) is 5.78 Å². The molecule has 1 nitrogen and oxygen atoms in total. The Kier molecular flexibility index (Phi) is 3.52. The zero-order chi connectivity index (χ0) is 15.0. The molecule has 0 bridgehead atoms. The Hall–Kier alpha value is -2.12. The van der Waals surface area contributed by atoms with E-state index in [0.717, 1.165) is 5.56 Å². The molecule has 0 saturated heterocycles. The van der Waals surface area contributed by atoms with Gasteiger partial charge in [-0.1, -0.05) is 54.1 Å². The zero-order valence-corrected chi connectivity index (χ0v) is 12.7. The van der Waals surface area contributed by atoms with Gasteiger partial charge in [-0.15, -0.1) is 0 Å². The van der Waals surface area contributed by atoms with Gasteiger partial charge in [0.15, 0.2) is 5.78 Å². The van der Waals surface area contributed by atoms with E-state index < -0.39 is 0 Å². The number of hydrogen-bond acceptors (Lipinski definition) is 1. The summed E-state index contributed by atoms with van der Waals surface area (Å²) in [6.45, 7) is 3.62. The lowest BCUT2D eigenvalue weighted by Gasteiger charge is -2.12. The molecule has 2 heteroatoms. The summed E-state index contributed by atoms with van der Waals surface area (Å²) in [5.41, 5.74) is 3.98. The van der Waals surface area contributed by atoms with Gasteiger partial charge in [-0.25, -0.2) is 0 Å². The first kappa shape index (κ1) is 13.8. The number of benzene rings is 3. The van der Waals surface area contributed by atoms with E-state index in [1.807, 2.05) is 24.3 Å². The quantitative estimate of drug-likeness (QED) is 0.556. The van der Waals surface area contributed by atoms with Crippen LogP contribution in [0.15, 0.2) is 54.6 Å². The number of rotatable bonds is 2. The Morgan fingerprint density at radius 2 is 1.76 bits per heavy atom. The van der Waals surface area contributed by atoms with Crippen molar-refractivity contribution in [2.45, 2.75) is 13.8 Å². The van der Waals surface area contributed by atoms with Gasteiger partial charge in [0.25, 0.3) is 0 Å². The maximum Gasteiger partial charge on any atom is 0.161 e. The molecule has 0 aliphatic carbocycles. The van der Waals surface area contributed by atoms with E-state index in [4.69, 9.17) is 11.6 Å². The highest BCUT2D eigenvalue weighted by Gasteiger charge is 2.11. The molecule has 0 saturated carbocycles. The summed E-state index contributed by atoms with van der Waals surface area (Å²) >= 11 is 6.26. The predicted octanol–water partition coefficient (Wildman–Crippen LogP) is 5.67. The van der Waals surface area contributed by atoms with E-state index >= 15 is 0 Å². The van der Waals surface area contributed by atoms with Crippen molar-refractivity contribution in [3.05, 3.63) is 70.7 Å². The number of hydrogen-bond donors (Lipinski definition) is 0. The molecule has 0 aliphatic rings. The summed E-state index contributed by atoms with van der Waals surface area (Å²) in [4.78, 5) is 11.5. The van der Waals surface area contributed by atoms with E-state index in [2.05, 4.69) is 31.2 Å². The Balaban J connectivity index is 2.28. The normalized spacial score (nSPS) is 10.8. The van der Waals surface area contributed by atoms with Gasteiger partial charge in [-0.05, 0) is 53.4 Å². The van der Waals surface area contributed by atoms with Crippen LogP contribution >= 0.6 is 11.6 Å². The molecule has 0 heterocycles. The molecule has 3 aromatic rings. The highest BCUT2D eigenvalue weighted by molar-refractivity contribution is 6.34. The highest BCUT2D eigenvalue weighted by Crippen LogP contribution is 2.34. The summed E-state index contributed by atoms with van der Waals surface area (Å²) in [5.74, 6) is -0.0128. The van der Waals surface area contributed by atoms with Crippen LogP contribution in [0.25, 0.3) is 21.9 Å². The largest absolute Gasteiger partial charge is 0.294 e. The first-order valence-electron chi connectivity index (χ1n) is 6.87. The molecule has 0 aromatic heterocycles. The van der Waals surface area contributed by atoms with Gasteiger partial charge in [0.05, 0.1) is 5.02 Å². The first-order valence-corrected chi connectivity index (χ1v) is 7.25. The van der Waals surface area contributed by atoms with E-state index in [0.29, 0.717) is 10.6 Å². The van der Waals surface area contributed by atoms with Gasteiger partial charge in [-0.2, -0.15) is 0 Å². The van der Waals surface area contributed by atoms with E-state index in [1.54, 1.807) is 6.07 Å². The third-order valence-electron chi connectivity index (χ3n) is 3.77. The molecule has 3 rings (SSSR count). The predicted molar refractivity (Wildman–Crippen MR) is 89.1 cm³/mol. The van der Waals surface area contributed by atoms with Crippen molar-refractivity contribution in [1.82, 2.24) is 0 Å². The lowest BCUT2D eigenvalue weighted by molar-refractivity contribution is 0.101. The standard InChI is InChI=1S/C19H15ClO/c1-12-7-8-14-5-3-4-6-17(14)19(12)15-9-10-16(13(2)21)18(20)11-15/h3-11H,1-2H3. The van der Waals surface area contributed by atoms with E-state index in [1.165, 1.54) is 28.8 Å². The molecule has 0 atom stereocenters. The lowest BCUT2D eigenvalue weighted by Crippen LogP contribution is -1.94. The smallest absolute Gasteiger partial charge is 0.161 e. The minimum absolute atomic E-state index is 0.0128. The van der Waals surface area contributed by atoms with Crippen LogP contribution in [0.1, 0.15) is 22.8 Å². The molecule has 0 amide bonds. The Morgan fingerprint density at radius 1 is 1.00 bits per heavy atom. The minimum Gasteiger partial charge on any atom is -0.294 e. The van der Waals surface area contributed by atoms with Crippen LogP contribution in [0, 0.1) is 6.92 Å². The van der Waals surface area contributed by atoms with Crippen molar-refractivity contribution in [1.29, 1.82) is 0 Å². The molecule has 0 unspecified atom stereocenters. The average Bonchev–Trinajstić information content (AvgIpc) is 2.46. The zero-order valence-electron chi connectivity index (χ0n) is 12.0. The van der Waals surface area contributed by atoms with Gasteiger partial charge < -0.3 is 0 Å². The van der Waals surface area contributed by atoms with Crippen LogP contribution in [0.2, 0.25) is 5.02 Å². The summed E-state index contributed by atoms with van der Waals surface area (Å²) in [6.07, 6.45) is 0. The fourth-order valence-corrected chi connectivity index (χ4v) is 3.03. The average molecular weight is 295 g/mol. The van der Waals surface area contributed by atoms with Gasteiger partial charge in [0, 0.05) is 5.56 Å². The van der Waals surface area contributed by atoms with Gasteiger partial charge in [0.1, 0.15) is 0 Å². The second-order valence-corrected chi connectivity index (χ2v) is 5.64. The molecule has 3 aromatic carbocycles. The number of carbonyl (C=O) groups is 1. The molecule has 0 aliphatic heterocycles. The molecule has 0 N–H and O–H groups in total. The number of halogens is 1. The van der Waals surface area contributed by atoms with Crippen molar-refractivity contribution in [2.75, 3.05) is 0 Å². The van der Waals surface area contributed by atoms with Gasteiger partial charge in [0.2, 0.25) is 0 Å². The fourth-order valence-electron chi connectivity index (χ4n) is 2.72. The Labute approximate surface area is 129 Å². The molecular formula is C19H15ClO. The highest BCUT2D eigenvalue weighted by atomic mass is 35.5. The number of Topliss-reactive ketones (excluding diaryl/α,β-unsaturated/α-hetero) is 1. The third-order valence-corrected chi connectivity index (χ3v) is 4.09. The molecule has 21 heavy (non-hydrogen) atoms. The molecule has 104 valence electrons. The SMILES string of the molecule is CC(=O)c1ccc(-c2c(C)ccc3ccccc23)cc1Cl. The van der Waals surface area contributed by atoms with Crippen molar-refractivity contribution >= 4 is 28.2 Å². The van der Waals surface area contributed by atoms with Crippen molar-refractivity contribution in [3.63, 3.8) is 0 Å². The summed E-state index contributed by atoms with van der Waals surface area (Å²) in [6, 6.07) is 18.2. The van der Waals surface area contributed by atoms with Crippen LogP contribution < -0.4 is 0 Å².